The van der Waals surface area contributed by atoms with Crippen LogP contribution in [0.3, 0.4) is 0 Å². The molecule has 1 aromatic rings. The van der Waals surface area contributed by atoms with E-state index in [-0.39, 0.29) is 6.04 Å². The molecule has 86 valence electrons. The lowest BCUT2D eigenvalue weighted by atomic mass is 10.1. The van der Waals surface area contributed by atoms with Crippen molar-refractivity contribution in [2.75, 3.05) is 20.3 Å². The summed E-state index contributed by atoms with van der Waals surface area (Å²) in [5, 5.41) is 3.07. The smallest absolute Gasteiger partial charge is 0.261 e. The Labute approximate surface area is 87.4 Å². The van der Waals surface area contributed by atoms with Gasteiger partial charge in [0.25, 0.3) is 6.43 Å². The maximum absolute atomic E-state index is 11.8. The number of rotatable bonds is 7. The Hall–Kier alpha value is -0.940. The number of hydrogen-bond donors (Lipinski definition) is 1. The zero-order valence-corrected chi connectivity index (χ0v) is 8.58. The summed E-state index contributed by atoms with van der Waals surface area (Å²) in [4.78, 5) is 0. The van der Waals surface area contributed by atoms with E-state index in [0.717, 1.165) is 5.56 Å². The Morgan fingerprint density at radius 3 is 2.87 bits per heavy atom. The van der Waals surface area contributed by atoms with Crippen LogP contribution in [0.1, 0.15) is 18.0 Å². The monoisotopic (exact) mass is 219 g/mol. The molecule has 0 spiro atoms. The van der Waals surface area contributed by atoms with Gasteiger partial charge < -0.3 is 14.5 Å². The Kier molecular flexibility index (Phi) is 5.28. The third-order valence-corrected chi connectivity index (χ3v) is 2.09. The van der Waals surface area contributed by atoms with Gasteiger partial charge in [-0.25, -0.2) is 8.78 Å². The molecular weight excluding hydrogens is 204 g/mol. The van der Waals surface area contributed by atoms with Crippen molar-refractivity contribution in [1.82, 2.24) is 5.32 Å². The molecule has 1 atom stereocenters. The maximum atomic E-state index is 11.8. The van der Waals surface area contributed by atoms with E-state index in [1.165, 1.54) is 0 Å². The van der Waals surface area contributed by atoms with E-state index in [0.29, 0.717) is 13.0 Å². The van der Waals surface area contributed by atoms with Crippen LogP contribution in [0.4, 0.5) is 8.78 Å². The van der Waals surface area contributed by atoms with Gasteiger partial charge in [0, 0.05) is 18.2 Å². The predicted octanol–water partition coefficient (Wildman–Crippen LogP) is 2.21. The molecule has 1 rings (SSSR count). The molecule has 1 heterocycles. The molecule has 0 amide bonds. The van der Waals surface area contributed by atoms with E-state index in [9.17, 15) is 8.78 Å². The molecular formula is C10H15F2NO2. The molecule has 1 unspecified atom stereocenters. The van der Waals surface area contributed by atoms with Crippen LogP contribution >= 0.6 is 0 Å². The molecule has 3 nitrogen and oxygen atoms in total. The summed E-state index contributed by atoms with van der Waals surface area (Å²) in [7, 11) is 1.81. The average Bonchev–Trinajstić information content (AvgIpc) is 2.70. The van der Waals surface area contributed by atoms with Crippen molar-refractivity contribution >= 4 is 0 Å². The predicted molar refractivity (Wildman–Crippen MR) is 51.9 cm³/mol. The van der Waals surface area contributed by atoms with Gasteiger partial charge in [-0.15, -0.1) is 0 Å². The minimum atomic E-state index is -2.40. The fourth-order valence-corrected chi connectivity index (χ4v) is 1.32. The van der Waals surface area contributed by atoms with Crippen LogP contribution in [0, 0.1) is 0 Å². The van der Waals surface area contributed by atoms with Crippen LogP contribution in [0.2, 0.25) is 0 Å². The molecule has 15 heavy (non-hydrogen) atoms. The number of nitrogens with one attached hydrogen (secondary N) is 1. The molecule has 0 aromatic carbocycles. The Morgan fingerprint density at radius 1 is 1.53 bits per heavy atom. The lowest BCUT2D eigenvalue weighted by Gasteiger charge is -2.14. The minimum absolute atomic E-state index is 0.0847. The molecule has 0 aliphatic heterocycles. The van der Waals surface area contributed by atoms with Crippen LogP contribution < -0.4 is 5.32 Å². The van der Waals surface area contributed by atoms with Gasteiger partial charge in [0.05, 0.1) is 12.5 Å². The number of alkyl halides is 2. The van der Waals surface area contributed by atoms with Crippen molar-refractivity contribution in [3.63, 3.8) is 0 Å². The van der Waals surface area contributed by atoms with Crippen LogP contribution in [0.15, 0.2) is 23.0 Å². The topological polar surface area (TPSA) is 34.4 Å². The van der Waals surface area contributed by atoms with Gasteiger partial charge >= 0.3 is 0 Å². The van der Waals surface area contributed by atoms with E-state index in [1.54, 1.807) is 12.5 Å². The van der Waals surface area contributed by atoms with E-state index < -0.39 is 13.0 Å². The van der Waals surface area contributed by atoms with Gasteiger partial charge in [-0.05, 0) is 19.5 Å². The second kappa shape index (κ2) is 6.53. The lowest BCUT2D eigenvalue weighted by molar-refractivity contribution is 0.0145. The fraction of sp³-hybridized carbons (Fsp3) is 0.600. The first kappa shape index (κ1) is 12.1. The summed E-state index contributed by atoms with van der Waals surface area (Å²) in [5.74, 6) is 0. The lowest BCUT2D eigenvalue weighted by Crippen LogP contribution is -2.18. The zero-order valence-electron chi connectivity index (χ0n) is 8.58. The first-order chi connectivity index (χ1) is 7.24. The van der Waals surface area contributed by atoms with Gasteiger partial charge in [0.2, 0.25) is 0 Å². The summed E-state index contributed by atoms with van der Waals surface area (Å²) in [6.07, 6.45) is 1.46. The van der Waals surface area contributed by atoms with E-state index >= 15 is 0 Å². The van der Waals surface area contributed by atoms with Crippen LogP contribution in [-0.2, 0) is 4.74 Å². The maximum Gasteiger partial charge on any atom is 0.261 e. The fourth-order valence-electron chi connectivity index (χ4n) is 1.32. The molecule has 0 saturated carbocycles. The highest BCUT2D eigenvalue weighted by atomic mass is 19.3. The summed E-state index contributed by atoms with van der Waals surface area (Å²) in [5.41, 5.74) is 0.998. The quantitative estimate of drug-likeness (QED) is 0.714. The second-order valence-electron chi connectivity index (χ2n) is 3.15. The third-order valence-electron chi connectivity index (χ3n) is 2.09. The highest BCUT2D eigenvalue weighted by Crippen LogP contribution is 2.16. The summed E-state index contributed by atoms with van der Waals surface area (Å²) >= 11 is 0. The van der Waals surface area contributed by atoms with Crippen molar-refractivity contribution in [3.8, 4) is 0 Å². The van der Waals surface area contributed by atoms with Gasteiger partial charge in [0.1, 0.15) is 6.61 Å². The van der Waals surface area contributed by atoms with Gasteiger partial charge in [0.15, 0.2) is 0 Å². The molecule has 0 aliphatic rings. The second-order valence-corrected chi connectivity index (χ2v) is 3.15. The summed E-state index contributed by atoms with van der Waals surface area (Å²) in [6.45, 7) is -0.192. The van der Waals surface area contributed by atoms with E-state index in [4.69, 9.17) is 9.15 Å². The molecule has 1 aromatic heterocycles. The van der Waals surface area contributed by atoms with Crippen molar-refractivity contribution in [2.45, 2.75) is 18.9 Å². The number of halogens is 2. The Morgan fingerprint density at radius 2 is 2.33 bits per heavy atom. The largest absolute Gasteiger partial charge is 0.472 e. The van der Waals surface area contributed by atoms with E-state index in [2.05, 4.69) is 5.32 Å². The normalized spacial score (nSPS) is 13.3. The minimum Gasteiger partial charge on any atom is -0.472 e. The highest BCUT2D eigenvalue weighted by Gasteiger charge is 2.10. The first-order valence-corrected chi connectivity index (χ1v) is 4.79. The Bertz CT molecular complexity index is 252. The average molecular weight is 219 g/mol. The van der Waals surface area contributed by atoms with Crippen molar-refractivity contribution < 1.29 is 17.9 Å². The van der Waals surface area contributed by atoms with Gasteiger partial charge in [-0.2, -0.15) is 0 Å². The molecule has 0 saturated heterocycles. The van der Waals surface area contributed by atoms with Crippen molar-refractivity contribution in [3.05, 3.63) is 24.2 Å². The highest BCUT2D eigenvalue weighted by molar-refractivity contribution is 5.11. The first-order valence-electron chi connectivity index (χ1n) is 4.79. The summed E-state index contributed by atoms with van der Waals surface area (Å²) < 4.78 is 33.3. The Balaban J connectivity index is 2.23. The molecule has 1 N–H and O–H groups in total. The SMILES string of the molecule is CNC(CCOCC(F)F)c1ccoc1. The van der Waals surface area contributed by atoms with Crippen molar-refractivity contribution in [2.24, 2.45) is 0 Å². The molecule has 5 heteroatoms. The van der Waals surface area contributed by atoms with Crippen LogP contribution in [0.5, 0.6) is 0 Å². The molecule has 0 bridgehead atoms. The standard InChI is InChI=1S/C10H15F2NO2/c1-13-9(8-2-4-14-6-8)3-5-15-7-10(11)12/h2,4,6,9-10,13H,3,5,7H2,1H3. The molecule has 0 radical (unpaired) electrons. The van der Waals surface area contributed by atoms with E-state index in [1.807, 2.05) is 13.1 Å². The zero-order chi connectivity index (χ0) is 11.1. The van der Waals surface area contributed by atoms with Crippen LogP contribution in [0.25, 0.3) is 0 Å². The molecule has 0 fully saturated rings. The van der Waals surface area contributed by atoms with Crippen molar-refractivity contribution in [1.29, 1.82) is 0 Å². The van der Waals surface area contributed by atoms with Gasteiger partial charge in [-0.1, -0.05) is 0 Å². The number of hydrogen-bond acceptors (Lipinski definition) is 3. The number of ether oxygens (including phenoxy) is 1. The summed E-state index contributed by atoms with van der Waals surface area (Å²) in [6, 6.07) is 1.93. The van der Waals surface area contributed by atoms with Crippen LogP contribution in [-0.4, -0.2) is 26.7 Å². The van der Waals surface area contributed by atoms with Gasteiger partial charge in [-0.3, -0.25) is 0 Å². The third kappa shape index (κ3) is 4.40. The molecule has 0 aliphatic carbocycles. The number of furan rings is 1.